The number of hydrogen-bond acceptors (Lipinski definition) is 4. The molecule has 2 aliphatic rings. The number of likely N-dealkylation sites (tertiary alicyclic amines) is 1. The van der Waals surface area contributed by atoms with Gasteiger partial charge in [0.25, 0.3) is 0 Å². The van der Waals surface area contributed by atoms with E-state index in [2.05, 4.69) is 26.2 Å². The number of amides is 3. The minimum Gasteiger partial charge on any atom is -0.361 e. The molecular formula is C31H28BrClN4O3S. The molecule has 2 aliphatic heterocycles. The minimum atomic E-state index is -1.21. The first-order chi connectivity index (χ1) is 19.7. The second-order valence-electron chi connectivity index (χ2n) is 10.5. The highest BCUT2D eigenvalue weighted by Crippen LogP contribution is 2.55. The van der Waals surface area contributed by atoms with Gasteiger partial charge in [-0.2, -0.15) is 0 Å². The zero-order chi connectivity index (χ0) is 28.7. The van der Waals surface area contributed by atoms with Crippen LogP contribution in [0.4, 0.5) is 0 Å². The first-order valence-electron chi connectivity index (χ1n) is 13.4. The number of carbonyl (C=O) groups excluding carboxylic acids is 3. The molecule has 0 spiro atoms. The molecule has 2 atom stereocenters. The summed E-state index contributed by atoms with van der Waals surface area (Å²) in [6.07, 6.45) is 1.92. The van der Waals surface area contributed by atoms with Crippen LogP contribution in [0.2, 0.25) is 5.02 Å². The van der Waals surface area contributed by atoms with Crippen LogP contribution in [0.3, 0.4) is 0 Å². The van der Waals surface area contributed by atoms with E-state index in [-0.39, 0.29) is 30.7 Å². The molecule has 2 fully saturated rings. The molecular weight excluding hydrogens is 624 g/mol. The molecule has 3 amide bonds. The van der Waals surface area contributed by atoms with Gasteiger partial charge >= 0.3 is 0 Å². The normalized spacial score (nSPS) is 21.0. The van der Waals surface area contributed by atoms with Crippen LogP contribution >= 0.6 is 39.3 Å². The molecule has 0 radical (unpaired) electrons. The third-order valence-electron chi connectivity index (χ3n) is 7.73. The predicted molar refractivity (Wildman–Crippen MR) is 165 cm³/mol. The summed E-state index contributed by atoms with van der Waals surface area (Å²) in [6, 6.07) is 20.8. The first-order valence-corrected chi connectivity index (χ1v) is 15.3. The van der Waals surface area contributed by atoms with Crippen LogP contribution in [0.1, 0.15) is 29.2 Å². The quantitative estimate of drug-likeness (QED) is 0.274. The Hall–Kier alpha value is -3.27. The van der Waals surface area contributed by atoms with Crippen molar-refractivity contribution in [3.05, 3.63) is 99.1 Å². The van der Waals surface area contributed by atoms with Gasteiger partial charge in [-0.15, -0.1) is 11.8 Å². The van der Waals surface area contributed by atoms with Crippen molar-refractivity contribution in [1.82, 2.24) is 20.1 Å². The molecule has 0 bridgehead atoms. The maximum absolute atomic E-state index is 14.7. The fourth-order valence-electron chi connectivity index (χ4n) is 5.78. The van der Waals surface area contributed by atoms with Crippen molar-refractivity contribution >= 4 is 67.9 Å². The van der Waals surface area contributed by atoms with E-state index in [4.69, 9.17) is 11.6 Å². The highest BCUT2D eigenvalue weighted by Gasteiger charge is 2.60. The van der Waals surface area contributed by atoms with Crippen LogP contribution < -0.4 is 5.32 Å². The zero-order valence-corrected chi connectivity index (χ0v) is 25.5. The number of nitrogens with one attached hydrogen (secondary N) is 2. The summed E-state index contributed by atoms with van der Waals surface area (Å²) in [5.74, 6) is -0.525. The summed E-state index contributed by atoms with van der Waals surface area (Å²) in [6.45, 7) is 3.06. The molecule has 0 aliphatic carbocycles. The van der Waals surface area contributed by atoms with E-state index in [1.165, 1.54) is 11.8 Å². The number of rotatable bonds is 6. The van der Waals surface area contributed by atoms with Crippen LogP contribution in [-0.2, 0) is 20.9 Å². The average molecular weight is 652 g/mol. The number of hydrogen-bond donors (Lipinski definition) is 2. The Labute approximate surface area is 255 Å². The van der Waals surface area contributed by atoms with Crippen molar-refractivity contribution < 1.29 is 14.4 Å². The minimum absolute atomic E-state index is 0.00392. The van der Waals surface area contributed by atoms with E-state index in [9.17, 15) is 14.4 Å². The molecule has 6 rings (SSSR count). The van der Waals surface area contributed by atoms with Gasteiger partial charge in [-0.3, -0.25) is 14.4 Å². The summed E-state index contributed by atoms with van der Waals surface area (Å²) >= 11 is 11.1. The SMILES string of the molecule is Cc1ccc(S[C@@]2(C(=O)N3CCNC(=O)C3)CC(=O)N(Cc3ccc(Cl)cc3)[C@H]2c2c[nH]c3cc(Br)ccc23)cc1. The van der Waals surface area contributed by atoms with Crippen molar-refractivity contribution in [3.63, 3.8) is 0 Å². The van der Waals surface area contributed by atoms with E-state index in [1.807, 2.05) is 84.8 Å². The Kier molecular flexibility index (Phi) is 7.61. The van der Waals surface area contributed by atoms with Crippen LogP contribution in [-0.4, -0.2) is 56.9 Å². The molecule has 10 heteroatoms. The summed E-state index contributed by atoms with van der Waals surface area (Å²) in [4.78, 5) is 48.9. The molecule has 2 N–H and O–H groups in total. The van der Waals surface area contributed by atoms with Crippen LogP contribution in [0, 0.1) is 6.92 Å². The molecule has 3 aromatic carbocycles. The molecule has 41 heavy (non-hydrogen) atoms. The third kappa shape index (κ3) is 5.38. The van der Waals surface area contributed by atoms with Gasteiger partial charge in [0.1, 0.15) is 4.75 Å². The molecule has 0 saturated carbocycles. The van der Waals surface area contributed by atoms with Crippen LogP contribution in [0.5, 0.6) is 0 Å². The predicted octanol–water partition coefficient (Wildman–Crippen LogP) is 5.86. The Balaban J connectivity index is 1.53. The second kappa shape index (κ2) is 11.2. The molecule has 210 valence electrons. The van der Waals surface area contributed by atoms with E-state index < -0.39 is 10.8 Å². The number of halogens is 2. The van der Waals surface area contributed by atoms with E-state index in [1.54, 1.807) is 4.90 Å². The Morgan fingerprint density at radius 2 is 1.85 bits per heavy atom. The summed E-state index contributed by atoms with van der Waals surface area (Å²) in [7, 11) is 0. The van der Waals surface area contributed by atoms with Crippen LogP contribution in [0.15, 0.2) is 82.3 Å². The summed E-state index contributed by atoms with van der Waals surface area (Å²) < 4.78 is -0.284. The fraction of sp³-hybridized carbons (Fsp3) is 0.258. The Morgan fingerprint density at radius 1 is 1.10 bits per heavy atom. The van der Waals surface area contributed by atoms with Crippen molar-refractivity contribution in [1.29, 1.82) is 0 Å². The second-order valence-corrected chi connectivity index (χ2v) is 13.3. The number of aromatic nitrogens is 1. The number of benzene rings is 3. The lowest BCUT2D eigenvalue weighted by Crippen LogP contribution is -2.57. The number of piperazine rings is 1. The van der Waals surface area contributed by atoms with E-state index in [0.717, 1.165) is 37.0 Å². The maximum atomic E-state index is 14.7. The molecule has 3 heterocycles. The third-order valence-corrected chi connectivity index (χ3v) is 9.89. The van der Waals surface area contributed by atoms with Gasteiger partial charge in [-0.1, -0.05) is 63.4 Å². The van der Waals surface area contributed by atoms with Gasteiger partial charge < -0.3 is 20.1 Å². The zero-order valence-electron chi connectivity index (χ0n) is 22.3. The molecule has 2 saturated heterocycles. The van der Waals surface area contributed by atoms with Crippen molar-refractivity contribution in [2.45, 2.75) is 35.6 Å². The topological polar surface area (TPSA) is 85.5 Å². The number of nitrogens with zero attached hydrogens (tertiary/aromatic N) is 2. The van der Waals surface area contributed by atoms with Gasteiger partial charge in [0, 0.05) is 56.7 Å². The van der Waals surface area contributed by atoms with Gasteiger partial charge in [-0.05, 0) is 48.9 Å². The van der Waals surface area contributed by atoms with Gasteiger partial charge in [0.05, 0.1) is 19.0 Å². The number of H-pyrrole nitrogens is 1. The Bertz CT molecular complexity index is 1640. The Morgan fingerprint density at radius 3 is 2.59 bits per heavy atom. The van der Waals surface area contributed by atoms with Gasteiger partial charge in [-0.25, -0.2) is 0 Å². The highest BCUT2D eigenvalue weighted by atomic mass is 79.9. The molecule has 1 aromatic heterocycles. The first kappa shape index (κ1) is 27.9. The molecule has 7 nitrogen and oxygen atoms in total. The van der Waals surface area contributed by atoms with Gasteiger partial charge in [0.15, 0.2) is 0 Å². The molecule has 0 unspecified atom stereocenters. The number of carbonyl (C=O) groups is 3. The highest BCUT2D eigenvalue weighted by molar-refractivity contribution is 9.10. The molecule has 4 aromatic rings. The van der Waals surface area contributed by atoms with E-state index in [0.29, 0.717) is 24.7 Å². The van der Waals surface area contributed by atoms with E-state index >= 15 is 0 Å². The lowest BCUT2D eigenvalue weighted by molar-refractivity contribution is -0.140. The lowest BCUT2D eigenvalue weighted by atomic mass is 9.90. The summed E-state index contributed by atoms with van der Waals surface area (Å²) in [5, 5.41) is 4.36. The standard InChI is InChI=1S/C31H28BrClN4O3S/c1-19-2-9-23(10-3-19)41-31(30(40)36-13-12-34-27(38)18-36)15-28(39)37(17-20-4-7-22(33)8-5-20)29(31)25-16-35-26-14-21(32)6-11-24(25)26/h2-11,14,16,29,35H,12-13,15,17-18H2,1H3,(H,34,38)/t29-,31-/m0/s1. The number of aromatic amines is 1. The fourth-order valence-corrected chi connectivity index (χ4v) is 7.73. The summed E-state index contributed by atoms with van der Waals surface area (Å²) in [5.41, 5.74) is 3.78. The maximum Gasteiger partial charge on any atom is 0.242 e. The van der Waals surface area contributed by atoms with Crippen molar-refractivity contribution in [2.24, 2.45) is 0 Å². The van der Waals surface area contributed by atoms with Crippen molar-refractivity contribution in [2.75, 3.05) is 19.6 Å². The smallest absolute Gasteiger partial charge is 0.242 e. The number of thioether (sulfide) groups is 1. The monoisotopic (exact) mass is 650 g/mol. The number of aryl methyl sites for hydroxylation is 1. The van der Waals surface area contributed by atoms with Crippen LogP contribution in [0.25, 0.3) is 10.9 Å². The number of fused-ring (bicyclic) bond motifs is 1. The lowest BCUT2D eigenvalue weighted by Gasteiger charge is -2.40. The largest absolute Gasteiger partial charge is 0.361 e. The van der Waals surface area contributed by atoms with Crippen molar-refractivity contribution in [3.8, 4) is 0 Å². The average Bonchev–Trinajstić information content (AvgIpc) is 3.48. The van der Waals surface area contributed by atoms with Gasteiger partial charge in [0.2, 0.25) is 17.7 Å².